The lowest BCUT2D eigenvalue weighted by Crippen LogP contribution is -2.20. The highest BCUT2D eigenvalue weighted by molar-refractivity contribution is 7.89. The lowest BCUT2D eigenvalue weighted by molar-refractivity contribution is 0.588. The molecule has 1 aromatic heterocycles. The maximum absolute atomic E-state index is 11.4. The number of nitrogens with one attached hydrogen (secondary N) is 2. The minimum Gasteiger partial charge on any atom is -0.372 e. The van der Waals surface area contributed by atoms with Crippen molar-refractivity contribution < 1.29 is 8.42 Å². The van der Waals surface area contributed by atoms with Crippen LogP contribution in [-0.4, -0.2) is 27.5 Å². The standard InChI is InChI=1S/C7H11N3O2S/c1-8-7-6(4-3-5-10-7)13(11,12)9-2/h3-5,9H,1-2H3,(H,8,10). The van der Waals surface area contributed by atoms with Gasteiger partial charge in [0.15, 0.2) is 0 Å². The van der Waals surface area contributed by atoms with Crippen molar-refractivity contribution in [1.82, 2.24) is 9.71 Å². The van der Waals surface area contributed by atoms with E-state index in [4.69, 9.17) is 0 Å². The molecule has 0 saturated heterocycles. The summed E-state index contributed by atoms with van der Waals surface area (Å²) in [6.07, 6.45) is 1.53. The predicted octanol–water partition coefficient (Wildman–Crippen LogP) is 0.0314. The number of anilines is 1. The number of rotatable bonds is 3. The average Bonchev–Trinajstić information content (AvgIpc) is 2.18. The van der Waals surface area contributed by atoms with Crippen LogP contribution in [0.4, 0.5) is 5.82 Å². The van der Waals surface area contributed by atoms with E-state index in [2.05, 4.69) is 15.0 Å². The molecule has 1 heterocycles. The molecule has 0 fully saturated rings. The van der Waals surface area contributed by atoms with Crippen LogP contribution in [0.1, 0.15) is 0 Å². The monoisotopic (exact) mass is 201 g/mol. The molecule has 0 aliphatic rings. The maximum Gasteiger partial charge on any atom is 0.243 e. The van der Waals surface area contributed by atoms with Gasteiger partial charge >= 0.3 is 0 Å². The zero-order valence-electron chi connectivity index (χ0n) is 7.40. The Kier molecular flexibility index (Phi) is 2.84. The third-order valence-corrected chi connectivity index (χ3v) is 3.01. The van der Waals surface area contributed by atoms with Gasteiger partial charge in [-0.1, -0.05) is 0 Å². The molecule has 6 heteroatoms. The topological polar surface area (TPSA) is 71.1 Å². The summed E-state index contributed by atoms with van der Waals surface area (Å²) in [6.45, 7) is 0. The molecule has 0 bridgehead atoms. The lowest BCUT2D eigenvalue weighted by atomic mass is 10.5. The SMILES string of the molecule is CNc1ncccc1S(=O)(=O)NC. The fourth-order valence-electron chi connectivity index (χ4n) is 0.905. The van der Waals surface area contributed by atoms with E-state index in [-0.39, 0.29) is 4.90 Å². The molecular formula is C7H11N3O2S. The summed E-state index contributed by atoms with van der Waals surface area (Å²) in [6, 6.07) is 3.07. The number of aromatic nitrogens is 1. The van der Waals surface area contributed by atoms with Gasteiger partial charge in [0, 0.05) is 13.2 Å². The summed E-state index contributed by atoms with van der Waals surface area (Å²) in [5, 5.41) is 2.71. The minimum atomic E-state index is -3.42. The summed E-state index contributed by atoms with van der Waals surface area (Å²) in [5.74, 6) is 0.344. The van der Waals surface area contributed by atoms with Gasteiger partial charge in [0.1, 0.15) is 10.7 Å². The van der Waals surface area contributed by atoms with E-state index < -0.39 is 10.0 Å². The van der Waals surface area contributed by atoms with Gasteiger partial charge in [-0.3, -0.25) is 0 Å². The molecule has 5 nitrogen and oxygen atoms in total. The summed E-state index contributed by atoms with van der Waals surface area (Å²) in [4.78, 5) is 4.03. The predicted molar refractivity (Wildman–Crippen MR) is 50.0 cm³/mol. The van der Waals surface area contributed by atoms with Crippen LogP contribution < -0.4 is 10.0 Å². The molecule has 2 N–H and O–H groups in total. The van der Waals surface area contributed by atoms with Gasteiger partial charge in [-0.2, -0.15) is 0 Å². The van der Waals surface area contributed by atoms with E-state index in [0.717, 1.165) is 0 Å². The quantitative estimate of drug-likeness (QED) is 0.724. The van der Waals surface area contributed by atoms with Crippen molar-refractivity contribution in [3.05, 3.63) is 18.3 Å². The van der Waals surface area contributed by atoms with Gasteiger partial charge in [-0.15, -0.1) is 0 Å². The summed E-state index contributed by atoms with van der Waals surface area (Å²) < 4.78 is 25.0. The van der Waals surface area contributed by atoms with Gasteiger partial charge in [0.25, 0.3) is 0 Å². The largest absolute Gasteiger partial charge is 0.372 e. The van der Waals surface area contributed by atoms with E-state index in [0.29, 0.717) is 5.82 Å². The molecule has 0 saturated carbocycles. The Hall–Kier alpha value is -1.14. The van der Waals surface area contributed by atoms with Gasteiger partial charge in [0.2, 0.25) is 10.0 Å². The number of pyridine rings is 1. The van der Waals surface area contributed by atoms with Crippen LogP contribution in [0.5, 0.6) is 0 Å². The van der Waals surface area contributed by atoms with Crippen LogP contribution in [0.25, 0.3) is 0 Å². The maximum atomic E-state index is 11.4. The fraction of sp³-hybridized carbons (Fsp3) is 0.286. The highest BCUT2D eigenvalue weighted by atomic mass is 32.2. The third-order valence-electron chi connectivity index (χ3n) is 1.57. The van der Waals surface area contributed by atoms with Crippen molar-refractivity contribution in [2.75, 3.05) is 19.4 Å². The Balaban J connectivity index is 3.29. The lowest BCUT2D eigenvalue weighted by Gasteiger charge is -2.06. The molecule has 0 spiro atoms. The summed E-state index contributed by atoms with van der Waals surface area (Å²) in [7, 11) is -0.431. The zero-order valence-corrected chi connectivity index (χ0v) is 8.22. The molecule has 0 amide bonds. The number of nitrogens with zero attached hydrogens (tertiary/aromatic N) is 1. The van der Waals surface area contributed by atoms with Crippen LogP contribution in [0.3, 0.4) is 0 Å². The van der Waals surface area contributed by atoms with Gasteiger partial charge in [-0.25, -0.2) is 18.1 Å². The smallest absolute Gasteiger partial charge is 0.243 e. The first kappa shape index (κ1) is 9.94. The first-order valence-electron chi connectivity index (χ1n) is 3.68. The van der Waals surface area contributed by atoms with E-state index in [9.17, 15) is 8.42 Å². The molecule has 0 aliphatic heterocycles. The van der Waals surface area contributed by atoms with Gasteiger partial charge < -0.3 is 5.32 Å². The van der Waals surface area contributed by atoms with Crippen molar-refractivity contribution in [2.24, 2.45) is 0 Å². The van der Waals surface area contributed by atoms with E-state index >= 15 is 0 Å². The first-order valence-corrected chi connectivity index (χ1v) is 5.16. The van der Waals surface area contributed by atoms with Crippen molar-refractivity contribution in [1.29, 1.82) is 0 Å². The number of sulfonamides is 1. The second kappa shape index (κ2) is 3.71. The Morgan fingerprint density at radius 2 is 2.08 bits per heavy atom. The van der Waals surface area contributed by atoms with Crippen LogP contribution in [0.15, 0.2) is 23.2 Å². The molecule has 1 rings (SSSR count). The third kappa shape index (κ3) is 1.96. The normalized spacial score (nSPS) is 11.2. The van der Waals surface area contributed by atoms with E-state index in [1.54, 1.807) is 13.1 Å². The summed E-state index contributed by atoms with van der Waals surface area (Å²) in [5.41, 5.74) is 0. The van der Waals surface area contributed by atoms with Crippen LogP contribution >= 0.6 is 0 Å². The Morgan fingerprint density at radius 1 is 1.38 bits per heavy atom. The van der Waals surface area contributed by atoms with Crippen molar-refractivity contribution in [3.63, 3.8) is 0 Å². The minimum absolute atomic E-state index is 0.153. The molecular weight excluding hydrogens is 190 g/mol. The highest BCUT2D eigenvalue weighted by Gasteiger charge is 2.15. The molecule has 0 unspecified atom stereocenters. The van der Waals surface area contributed by atoms with Crippen LogP contribution in [0.2, 0.25) is 0 Å². The molecule has 0 radical (unpaired) electrons. The average molecular weight is 201 g/mol. The summed E-state index contributed by atoms with van der Waals surface area (Å²) >= 11 is 0. The molecule has 0 atom stereocenters. The van der Waals surface area contributed by atoms with E-state index in [1.807, 2.05) is 0 Å². The molecule has 0 aromatic carbocycles. The first-order chi connectivity index (χ1) is 6.11. The number of hydrogen-bond acceptors (Lipinski definition) is 4. The van der Waals surface area contributed by atoms with Crippen LogP contribution in [-0.2, 0) is 10.0 Å². The number of hydrogen-bond donors (Lipinski definition) is 2. The zero-order chi connectivity index (χ0) is 9.90. The second-order valence-electron chi connectivity index (χ2n) is 2.31. The van der Waals surface area contributed by atoms with Crippen LogP contribution in [0, 0.1) is 0 Å². The van der Waals surface area contributed by atoms with Gasteiger partial charge in [-0.05, 0) is 19.2 Å². The van der Waals surface area contributed by atoms with Gasteiger partial charge in [0.05, 0.1) is 0 Å². The Morgan fingerprint density at radius 3 is 2.62 bits per heavy atom. The Bertz CT molecular complexity index is 388. The molecule has 13 heavy (non-hydrogen) atoms. The van der Waals surface area contributed by atoms with Crippen molar-refractivity contribution in [3.8, 4) is 0 Å². The second-order valence-corrected chi connectivity index (χ2v) is 4.16. The highest BCUT2D eigenvalue weighted by Crippen LogP contribution is 2.16. The van der Waals surface area contributed by atoms with E-state index in [1.165, 1.54) is 19.3 Å². The molecule has 1 aromatic rings. The molecule has 72 valence electrons. The Labute approximate surface area is 77.2 Å². The van der Waals surface area contributed by atoms with Crippen molar-refractivity contribution in [2.45, 2.75) is 4.90 Å². The molecule has 0 aliphatic carbocycles. The fourth-order valence-corrected chi connectivity index (χ4v) is 1.79. The van der Waals surface area contributed by atoms with Crippen molar-refractivity contribution >= 4 is 15.8 Å².